The molecule has 2 aromatic rings. The molecule has 0 bridgehead atoms. The molecule has 2 aromatic carbocycles. The summed E-state index contributed by atoms with van der Waals surface area (Å²) in [6.45, 7) is 3.69. The van der Waals surface area contributed by atoms with Crippen LogP contribution >= 0.6 is 0 Å². The van der Waals surface area contributed by atoms with Gasteiger partial charge in [0.15, 0.2) is 17.3 Å². The monoisotopic (exact) mass is 341 g/mol. The van der Waals surface area contributed by atoms with Gasteiger partial charge in [-0.3, -0.25) is 9.59 Å². The highest BCUT2D eigenvalue weighted by Gasteiger charge is 2.25. The van der Waals surface area contributed by atoms with Crippen LogP contribution in [0.2, 0.25) is 0 Å². The quantitative estimate of drug-likeness (QED) is 0.756. The van der Waals surface area contributed by atoms with Crippen molar-refractivity contribution in [2.24, 2.45) is 0 Å². The number of amides is 1. The van der Waals surface area contributed by atoms with Crippen molar-refractivity contribution in [3.63, 3.8) is 0 Å². The van der Waals surface area contributed by atoms with E-state index in [4.69, 9.17) is 9.47 Å². The van der Waals surface area contributed by atoms with Crippen molar-refractivity contribution in [3.05, 3.63) is 59.2 Å². The van der Waals surface area contributed by atoms with Crippen LogP contribution in [-0.2, 0) is 0 Å². The Morgan fingerprint density at radius 1 is 0.920 bits per heavy atom. The van der Waals surface area contributed by atoms with E-state index in [2.05, 4.69) is 0 Å². The van der Waals surface area contributed by atoms with Gasteiger partial charge in [0.05, 0.1) is 20.3 Å². The summed E-state index contributed by atoms with van der Waals surface area (Å²) in [5.74, 6) is 0.662. The van der Waals surface area contributed by atoms with E-state index >= 15 is 0 Å². The Kier molecular flexibility index (Phi) is 5.80. The van der Waals surface area contributed by atoms with Gasteiger partial charge in [0.1, 0.15) is 0 Å². The molecule has 0 spiro atoms. The number of ketones is 1. The number of likely N-dealkylation sites (N-methyl/N-ethyl adjacent to an activating group) is 1. The first-order valence-corrected chi connectivity index (χ1v) is 7.99. The first kappa shape index (κ1) is 18.5. The van der Waals surface area contributed by atoms with E-state index in [1.165, 1.54) is 19.1 Å². The third-order valence-electron chi connectivity index (χ3n) is 4.25. The third kappa shape index (κ3) is 3.99. The molecule has 25 heavy (non-hydrogen) atoms. The summed E-state index contributed by atoms with van der Waals surface area (Å²) in [5, 5.41) is 0. The van der Waals surface area contributed by atoms with Crippen LogP contribution in [0.25, 0.3) is 0 Å². The Bertz CT molecular complexity index is 768. The number of ether oxygens (including phenoxy) is 2. The molecule has 0 saturated carbocycles. The molecule has 0 heterocycles. The van der Waals surface area contributed by atoms with Gasteiger partial charge in [0.2, 0.25) is 0 Å². The summed E-state index contributed by atoms with van der Waals surface area (Å²) in [6, 6.07) is 11.7. The Morgan fingerprint density at radius 3 is 2.04 bits per heavy atom. The van der Waals surface area contributed by atoms with Gasteiger partial charge in [-0.2, -0.15) is 0 Å². The topological polar surface area (TPSA) is 55.8 Å². The van der Waals surface area contributed by atoms with E-state index in [-0.39, 0.29) is 11.7 Å². The summed E-state index contributed by atoms with van der Waals surface area (Å²) in [4.78, 5) is 26.8. The van der Waals surface area contributed by atoms with E-state index in [1.807, 2.05) is 19.1 Å². The van der Waals surface area contributed by atoms with Gasteiger partial charge in [-0.05, 0) is 32.0 Å². The third-order valence-corrected chi connectivity index (χ3v) is 4.25. The number of carbonyl (C=O) groups is 2. The molecule has 0 aromatic heterocycles. The molecule has 0 saturated heterocycles. The van der Waals surface area contributed by atoms with Crippen molar-refractivity contribution in [2.75, 3.05) is 21.3 Å². The minimum absolute atomic E-state index is 0.101. The molecule has 0 fully saturated rings. The number of hydrogen-bond donors (Lipinski definition) is 0. The van der Waals surface area contributed by atoms with Gasteiger partial charge >= 0.3 is 0 Å². The van der Waals surface area contributed by atoms with E-state index in [0.717, 1.165) is 5.56 Å². The second-order valence-corrected chi connectivity index (χ2v) is 5.89. The van der Waals surface area contributed by atoms with Gasteiger partial charge in [-0.1, -0.05) is 29.8 Å². The van der Waals surface area contributed by atoms with Crippen molar-refractivity contribution in [1.29, 1.82) is 0 Å². The number of nitrogens with zero attached hydrogens (tertiary/aromatic N) is 1. The number of hydrogen-bond acceptors (Lipinski definition) is 4. The van der Waals surface area contributed by atoms with Crippen molar-refractivity contribution < 1.29 is 19.1 Å². The minimum atomic E-state index is -0.580. The molecule has 5 heteroatoms. The Hall–Kier alpha value is -2.82. The molecule has 132 valence electrons. The average molecular weight is 341 g/mol. The maximum Gasteiger partial charge on any atom is 0.254 e. The maximum absolute atomic E-state index is 12.7. The molecular weight excluding hydrogens is 318 g/mol. The average Bonchev–Trinajstić information content (AvgIpc) is 2.65. The highest BCUT2D eigenvalue weighted by atomic mass is 16.5. The summed E-state index contributed by atoms with van der Waals surface area (Å²) >= 11 is 0. The van der Waals surface area contributed by atoms with Gasteiger partial charge < -0.3 is 14.4 Å². The lowest BCUT2D eigenvalue weighted by atomic mass is 10.0. The molecular formula is C20H23NO4. The predicted octanol–water partition coefficient (Wildman–Crippen LogP) is 3.36. The fourth-order valence-corrected chi connectivity index (χ4v) is 2.48. The fourth-order valence-electron chi connectivity index (χ4n) is 2.48. The van der Waals surface area contributed by atoms with Crippen LogP contribution in [0, 0.1) is 6.92 Å². The zero-order valence-electron chi connectivity index (χ0n) is 15.2. The molecule has 0 N–H and O–H groups in total. The van der Waals surface area contributed by atoms with Gasteiger partial charge in [-0.15, -0.1) is 0 Å². The van der Waals surface area contributed by atoms with Crippen LogP contribution < -0.4 is 9.47 Å². The van der Waals surface area contributed by atoms with Crippen LogP contribution in [0.3, 0.4) is 0 Å². The lowest BCUT2D eigenvalue weighted by Gasteiger charge is -2.24. The second kappa shape index (κ2) is 7.83. The van der Waals surface area contributed by atoms with Crippen LogP contribution in [0.5, 0.6) is 11.5 Å². The molecule has 2 rings (SSSR count). The number of rotatable bonds is 6. The van der Waals surface area contributed by atoms with Crippen molar-refractivity contribution in [1.82, 2.24) is 4.90 Å². The number of Topliss-reactive ketones (excluding diaryl/α,β-unsaturated/α-hetero) is 1. The van der Waals surface area contributed by atoms with Crippen LogP contribution in [0.15, 0.2) is 42.5 Å². The molecule has 0 aliphatic rings. The first-order chi connectivity index (χ1) is 11.9. The molecule has 0 radical (unpaired) electrons. The number of aryl methyl sites for hydroxylation is 1. The van der Waals surface area contributed by atoms with Crippen molar-refractivity contribution >= 4 is 11.7 Å². The lowest BCUT2D eigenvalue weighted by molar-refractivity contribution is 0.0674. The summed E-state index contributed by atoms with van der Waals surface area (Å²) in [6.07, 6.45) is 0. The van der Waals surface area contributed by atoms with E-state index in [9.17, 15) is 9.59 Å². The van der Waals surface area contributed by atoms with E-state index in [0.29, 0.717) is 22.6 Å². The van der Waals surface area contributed by atoms with Crippen molar-refractivity contribution in [3.8, 4) is 11.5 Å². The number of benzene rings is 2. The maximum atomic E-state index is 12.7. The van der Waals surface area contributed by atoms with Crippen LogP contribution in [-0.4, -0.2) is 43.9 Å². The number of carbonyl (C=O) groups excluding carboxylic acids is 2. The standard InChI is InChI=1S/C20H23NO4/c1-13-6-8-15(9-7-13)19(22)14(2)21(3)20(23)16-10-11-17(24-4)18(12-16)25-5/h6-12,14H,1-5H3. The number of methoxy groups -OCH3 is 2. The predicted molar refractivity (Wildman–Crippen MR) is 96.6 cm³/mol. The zero-order chi connectivity index (χ0) is 18.6. The molecule has 0 aliphatic carbocycles. The minimum Gasteiger partial charge on any atom is -0.493 e. The Morgan fingerprint density at radius 2 is 1.48 bits per heavy atom. The largest absolute Gasteiger partial charge is 0.493 e. The molecule has 5 nitrogen and oxygen atoms in total. The molecule has 1 atom stereocenters. The second-order valence-electron chi connectivity index (χ2n) is 5.89. The first-order valence-electron chi connectivity index (χ1n) is 7.99. The van der Waals surface area contributed by atoms with E-state index < -0.39 is 6.04 Å². The molecule has 1 unspecified atom stereocenters. The normalized spacial score (nSPS) is 11.6. The SMILES string of the molecule is COc1ccc(C(=O)N(C)C(C)C(=O)c2ccc(C)cc2)cc1OC. The lowest BCUT2D eigenvalue weighted by Crippen LogP contribution is -2.40. The zero-order valence-corrected chi connectivity index (χ0v) is 15.2. The summed E-state index contributed by atoms with van der Waals surface area (Å²) in [7, 11) is 4.67. The van der Waals surface area contributed by atoms with Crippen LogP contribution in [0.1, 0.15) is 33.2 Å². The van der Waals surface area contributed by atoms with Gasteiger partial charge in [0.25, 0.3) is 5.91 Å². The summed E-state index contributed by atoms with van der Waals surface area (Å²) in [5.41, 5.74) is 2.10. The molecule has 1 amide bonds. The summed E-state index contributed by atoms with van der Waals surface area (Å²) < 4.78 is 10.4. The highest BCUT2D eigenvalue weighted by Crippen LogP contribution is 2.28. The fraction of sp³-hybridized carbons (Fsp3) is 0.300. The molecule has 0 aliphatic heterocycles. The highest BCUT2D eigenvalue weighted by molar-refractivity contribution is 6.04. The van der Waals surface area contributed by atoms with Gasteiger partial charge in [-0.25, -0.2) is 0 Å². The smallest absolute Gasteiger partial charge is 0.254 e. The Balaban J connectivity index is 2.21. The van der Waals surface area contributed by atoms with Crippen molar-refractivity contribution in [2.45, 2.75) is 19.9 Å². The van der Waals surface area contributed by atoms with E-state index in [1.54, 1.807) is 44.3 Å². The van der Waals surface area contributed by atoms with Gasteiger partial charge in [0, 0.05) is 18.2 Å². The Labute approximate surface area is 148 Å². The van der Waals surface area contributed by atoms with Crippen LogP contribution in [0.4, 0.5) is 0 Å².